The van der Waals surface area contributed by atoms with Crippen LogP contribution in [0.2, 0.25) is 0 Å². The number of hydrogen-bond donors (Lipinski definition) is 1. The Labute approximate surface area is 124 Å². The van der Waals surface area contributed by atoms with E-state index in [9.17, 15) is 5.26 Å². The molecule has 1 fully saturated rings. The van der Waals surface area contributed by atoms with Crippen LogP contribution in [0.3, 0.4) is 0 Å². The minimum absolute atomic E-state index is 0.447. The summed E-state index contributed by atoms with van der Waals surface area (Å²) >= 11 is 0. The second kappa shape index (κ2) is 4.71. The molecular formula is C17H18N4. The maximum absolute atomic E-state index is 9.40. The molecule has 0 bridgehead atoms. The third-order valence-corrected chi connectivity index (χ3v) is 4.86. The smallest absolute Gasteiger partial charge is 0.0996 e. The monoisotopic (exact) mass is 278 g/mol. The van der Waals surface area contributed by atoms with E-state index in [1.54, 1.807) is 0 Å². The second-order valence-electron chi connectivity index (χ2n) is 6.08. The topological polar surface area (TPSA) is 53.6 Å². The maximum atomic E-state index is 9.40. The summed E-state index contributed by atoms with van der Waals surface area (Å²) in [5, 5.41) is 14.0. The molecule has 2 aliphatic rings. The van der Waals surface area contributed by atoms with Crippen molar-refractivity contribution in [3.05, 3.63) is 35.8 Å². The van der Waals surface area contributed by atoms with Crippen LogP contribution in [-0.2, 0) is 6.42 Å². The predicted octanol–water partition coefficient (Wildman–Crippen LogP) is 2.67. The van der Waals surface area contributed by atoms with Crippen molar-refractivity contribution in [2.45, 2.75) is 25.8 Å². The lowest BCUT2D eigenvalue weighted by molar-refractivity contribution is 0.280. The molecule has 1 saturated heterocycles. The summed E-state index contributed by atoms with van der Waals surface area (Å²) in [4.78, 5) is 4.53. The number of allylic oxidation sites excluding steroid dienone is 2. The Hall–Kier alpha value is -2.12. The fraction of sp³-hybridized carbons (Fsp3) is 0.412. The minimum atomic E-state index is 0.447. The molecule has 0 radical (unpaired) electrons. The highest BCUT2D eigenvalue weighted by atomic mass is 15.1. The molecule has 21 heavy (non-hydrogen) atoms. The lowest BCUT2D eigenvalue weighted by Gasteiger charge is -2.31. The molecule has 1 aliphatic heterocycles. The molecule has 0 amide bonds. The predicted molar refractivity (Wildman–Crippen MR) is 82.7 cm³/mol. The average Bonchev–Trinajstić information content (AvgIpc) is 3.10. The molecule has 2 aromatic rings. The first-order valence-electron chi connectivity index (χ1n) is 7.59. The highest BCUT2D eigenvalue weighted by Crippen LogP contribution is 2.36. The number of rotatable bonds is 1. The summed E-state index contributed by atoms with van der Waals surface area (Å²) < 4.78 is 2.36. The van der Waals surface area contributed by atoms with Crippen LogP contribution in [0.1, 0.15) is 30.6 Å². The standard InChI is InChI=1S/C17H18N4/c1-11-4-6-19-10-15(11)21-7-5-13-9-20-14-3-2-12(8-18)16(14)17(13)21/h2,5,7,9,11,15,19H,3-4,6,10H2,1H3/t11-,15+/m0/s1. The van der Waals surface area contributed by atoms with Crippen LogP contribution >= 0.6 is 0 Å². The van der Waals surface area contributed by atoms with Gasteiger partial charge in [0.1, 0.15) is 0 Å². The zero-order chi connectivity index (χ0) is 14.4. The molecule has 106 valence electrons. The van der Waals surface area contributed by atoms with Gasteiger partial charge in [-0.25, -0.2) is 0 Å². The number of aromatic nitrogens is 2. The van der Waals surface area contributed by atoms with Gasteiger partial charge in [0, 0.05) is 42.4 Å². The fourth-order valence-corrected chi connectivity index (χ4v) is 3.65. The van der Waals surface area contributed by atoms with E-state index in [1.165, 1.54) is 11.9 Å². The minimum Gasteiger partial charge on any atom is -0.342 e. The Kier molecular flexibility index (Phi) is 2.83. The second-order valence-corrected chi connectivity index (χ2v) is 6.08. The molecule has 1 aliphatic carbocycles. The number of nitrogens with zero attached hydrogens (tertiary/aromatic N) is 3. The first-order chi connectivity index (χ1) is 10.3. The van der Waals surface area contributed by atoms with E-state index in [0.717, 1.165) is 41.7 Å². The zero-order valence-electron chi connectivity index (χ0n) is 12.1. The molecular weight excluding hydrogens is 260 g/mol. The Morgan fingerprint density at radius 1 is 1.48 bits per heavy atom. The molecule has 0 aromatic carbocycles. The third-order valence-electron chi connectivity index (χ3n) is 4.86. The lowest BCUT2D eigenvalue weighted by atomic mass is 9.94. The van der Waals surface area contributed by atoms with Crippen molar-refractivity contribution in [1.29, 1.82) is 5.26 Å². The molecule has 2 atom stereocenters. The number of piperidine rings is 1. The number of nitrogens with one attached hydrogen (secondary N) is 1. The first kappa shape index (κ1) is 12.6. The quantitative estimate of drug-likeness (QED) is 0.872. The van der Waals surface area contributed by atoms with Crippen LogP contribution in [0, 0.1) is 17.2 Å². The Bertz CT molecular complexity index is 778. The molecule has 0 saturated carbocycles. The lowest BCUT2D eigenvalue weighted by Crippen LogP contribution is -2.36. The van der Waals surface area contributed by atoms with E-state index >= 15 is 0 Å². The van der Waals surface area contributed by atoms with Gasteiger partial charge in [-0.1, -0.05) is 13.0 Å². The van der Waals surface area contributed by atoms with Crippen LogP contribution in [0.25, 0.3) is 16.5 Å². The van der Waals surface area contributed by atoms with Gasteiger partial charge in [-0.05, 0) is 24.9 Å². The maximum Gasteiger partial charge on any atom is 0.0996 e. The Morgan fingerprint density at radius 3 is 3.19 bits per heavy atom. The normalized spacial score (nSPS) is 24.7. The largest absolute Gasteiger partial charge is 0.342 e. The van der Waals surface area contributed by atoms with E-state index in [0.29, 0.717) is 12.0 Å². The van der Waals surface area contributed by atoms with Crippen molar-refractivity contribution in [1.82, 2.24) is 14.9 Å². The summed E-state index contributed by atoms with van der Waals surface area (Å²) in [7, 11) is 0. The summed E-state index contributed by atoms with van der Waals surface area (Å²) in [5.74, 6) is 0.640. The van der Waals surface area contributed by atoms with Crippen molar-refractivity contribution >= 4 is 16.5 Å². The highest BCUT2D eigenvalue weighted by Gasteiger charge is 2.27. The van der Waals surface area contributed by atoms with Crippen LogP contribution in [0.4, 0.5) is 0 Å². The van der Waals surface area contributed by atoms with Gasteiger partial charge in [-0.2, -0.15) is 5.26 Å². The average molecular weight is 278 g/mol. The molecule has 0 unspecified atom stereocenters. The summed E-state index contributed by atoms with van der Waals surface area (Å²) in [6, 6.07) is 4.91. The van der Waals surface area contributed by atoms with E-state index in [-0.39, 0.29) is 0 Å². The van der Waals surface area contributed by atoms with E-state index in [4.69, 9.17) is 0 Å². The number of fused-ring (bicyclic) bond motifs is 3. The SMILES string of the molecule is C[C@H]1CCNC[C@H]1n1ccc2cnc3c(c21)C(C#N)=CC3. The van der Waals surface area contributed by atoms with E-state index in [2.05, 4.69) is 40.1 Å². The van der Waals surface area contributed by atoms with Crippen LogP contribution in [-0.4, -0.2) is 22.6 Å². The summed E-state index contributed by atoms with van der Waals surface area (Å²) in [5.41, 5.74) is 4.05. The van der Waals surface area contributed by atoms with Crippen molar-refractivity contribution in [3.8, 4) is 6.07 Å². The van der Waals surface area contributed by atoms with Crippen molar-refractivity contribution in [3.63, 3.8) is 0 Å². The molecule has 0 spiro atoms. The van der Waals surface area contributed by atoms with Crippen molar-refractivity contribution in [2.75, 3.05) is 13.1 Å². The Morgan fingerprint density at radius 2 is 2.38 bits per heavy atom. The number of pyridine rings is 1. The van der Waals surface area contributed by atoms with Gasteiger partial charge < -0.3 is 9.88 Å². The van der Waals surface area contributed by atoms with E-state index < -0.39 is 0 Å². The number of hydrogen-bond acceptors (Lipinski definition) is 3. The molecule has 4 nitrogen and oxygen atoms in total. The highest BCUT2D eigenvalue weighted by molar-refractivity contribution is 5.97. The summed E-state index contributed by atoms with van der Waals surface area (Å²) in [6.45, 7) is 4.41. The van der Waals surface area contributed by atoms with Gasteiger partial charge in [-0.3, -0.25) is 4.98 Å². The van der Waals surface area contributed by atoms with Crippen LogP contribution in [0.5, 0.6) is 0 Å². The summed E-state index contributed by atoms with van der Waals surface area (Å²) in [6.07, 6.45) is 8.07. The van der Waals surface area contributed by atoms with E-state index in [1.807, 2.05) is 12.3 Å². The van der Waals surface area contributed by atoms with Gasteiger partial charge >= 0.3 is 0 Å². The fourth-order valence-electron chi connectivity index (χ4n) is 3.65. The Balaban J connectivity index is 1.94. The molecule has 4 rings (SSSR count). The zero-order valence-corrected chi connectivity index (χ0v) is 12.1. The molecule has 2 aromatic heterocycles. The van der Waals surface area contributed by atoms with Crippen molar-refractivity contribution in [2.24, 2.45) is 5.92 Å². The van der Waals surface area contributed by atoms with Gasteiger partial charge in [0.05, 0.1) is 22.9 Å². The van der Waals surface area contributed by atoms with Gasteiger partial charge in [-0.15, -0.1) is 0 Å². The van der Waals surface area contributed by atoms with Crippen LogP contribution < -0.4 is 5.32 Å². The molecule has 1 N–H and O–H groups in total. The molecule has 3 heterocycles. The molecule has 4 heteroatoms. The van der Waals surface area contributed by atoms with Gasteiger partial charge in [0.25, 0.3) is 0 Å². The van der Waals surface area contributed by atoms with Crippen LogP contribution in [0.15, 0.2) is 24.5 Å². The third kappa shape index (κ3) is 1.81. The van der Waals surface area contributed by atoms with Crippen molar-refractivity contribution < 1.29 is 0 Å². The van der Waals surface area contributed by atoms with Gasteiger partial charge in [0.15, 0.2) is 0 Å². The number of nitriles is 1. The van der Waals surface area contributed by atoms with Gasteiger partial charge in [0.2, 0.25) is 0 Å². The first-order valence-corrected chi connectivity index (χ1v) is 7.59.